The summed E-state index contributed by atoms with van der Waals surface area (Å²) in [5.74, 6) is 3.39. The molecule has 3 aliphatic heterocycles. The van der Waals surface area contributed by atoms with Gasteiger partial charge < -0.3 is 19.9 Å². The lowest BCUT2D eigenvalue weighted by Gasteiger charge is -2.29. The summed E-state index contributed by atoms with van der Waals surface area (Å²) in [5.41, 5.74) is 1.32. The van der Waals surface area contributed by atoms with Gasteiger partial charge in [-0.25, -0.2) is 0 Å². The second-order valence-corrected chi connectivity index (χ2v) is 8.53. The minimum Gasteiger partial charge on any atom is -0.493 e. The van der Waals surface area contributed by atoms with Gasteiger partial charge in [0.1, 0.15) is 5.75 Å². The Morgan fingerprint density at radius 1 is 1.14 bits per heavy atom. The average Bonchev–Trinajstić information content (AvgIpc) is 3.20. The van der Waals surface area contributed by atoms with Crippen LogP contribution in [0.2, 0.25) is 0 Å². The molecule has 0 aliphatic carbocycles. The van der Waals surface area contributed by atoms with Crippen molar-refractivity contribution in [2.45, 2.75) is 44.9 Å². The van der Waals surface area contributed by atoms with Crippen molar-refractivity contribution in [2.75, 3.05) is 52.4 Å². The van der Waals surface area contributed by atoms with Crippen LogP contribution in [0.15, 0.2) is 29.3 Å². The zero-order chi connectivity index (χ0) is 19.2. The van der Waals surface area contributed by atoms with E-state index < -0.39 is 0 Å². The first kappa shape index (κ1) is 19.6. The monoisotopic (exact) mass is 384 g/mol. The summed E-state index contributed by atoms with van der Waals surface area (Å²) < 4.78 is 5.81. The first-order valence-corrected chi connectivity index (χ1v) is 11.3. The Balaban J connectivity index is 1.36. The summed E-state index contributed by atoms with van der Waals surface area (Å²) in [6.07, 6.45) is 6.53. The molecule has 2 fully saturated rings. The van der Waals surface area contributed by atoms with E-state index in [2.05, 4.69) is 46.3 Å². The minimum atomic E-state index is 0.463. The van der Waals surface area contributed by atoms with Crippen molar-refractivity contribution >= 4 is 5.96 Å². The fourth-order valence-corrected chi connectivity index (χ4v) is 4.91. The van der Waals surface area contributed by atoms with Gasteiger partial charge in [0.25, 0.3) is 0 Å². The highest BCUT2D eigenvalue weighted by Gasteiger charge is 2.27. The van der Waals surface area contributed by atoms with E-state index in [-0.39, 0.29) is 0 Å². The maximum absolute atomic E-state index is 5.81. The second kappa shape index (κ2) is 9.64. The predicted molar refractivity (Wildman–Crippen MR) is 115 cm³/mol. The van der Waals surface area contributed by atoms with Gasteiger partial charge in [-0.15, -0.1) is 0 Å². The molecular formula is C23H36N4O. The van der Waals surface area contributed by atoms with Crippen molar-refractivity contribution in [1.29, 1.82) is 0 Å². The summed E-state index contributed by atoms with van der Waals surface area (Å²) in [5, 5.41) is 3.54. The number of fused-ring (bicyclic) bond motifs is 1. The SMILES string of the molecule is CCNC(=NCC1CCOc2ccccc21)N1CCC(CN2CCCCC2)C1. The molecule has 0 spiro atoms. The van der Waals surface area contributed by atoms with E-state index in [9.17, 15) is 0 Å². The number of likely N-dealkylation sites (tertiary alicyclic amines) is 2. The van der Waals surface area contributed by atoms with Gasteiger partial charge in [0.05, 0.1) is 6.61 Å². The molecule has 2 unspecified atom stereocenters. The molecule has 1 aromatic rings. The van der Waals surface area contributed by atoms with E-state index in [1.165, 1.54) is 50.9 Å². The number of nitrogens with one attached hydrogen (secondary N) is 1. The Hall–Kier alpha value is -1.75. The quantitative estimate of drug-likeness (QED) is 0.624. The lowest BCUT2D eigenvalue weighted by molar-refractivity contribution is 0.198. The Bertz CT molecular complexity index is 656. The minimum absolute atomic E-state index is 0.463. The zero-order valence-electron chi connectivity index (χ0n) is 17.4. The van der Waals surface area contributed by atoms with Crippen LogP contribution < -0.4 is 10.1 Å². The molecule has 0 bridgehead atoms. The lowest BCUT2D eigenvalue weighted by Crippen LogP contribution is -2.41. The molecular weight excluding hydrogens is 348 g/mol. The number of ether oxygens (including phenoxy) is 1. The Morgan fingerprint density at radius 2 is 2.00 bits per heavy atom. The number of nitrogens with zero attached hydrogens (tertiary/aromatic N) is 3. The fraction of sp³-hybridized carbons (Fsp3) is 0.696. The summed E-state index contributed by atoms with van der Waals surface area (Å²) in [6, 6.07) is 8.45. The number of piperidine rings is 1. The number of benzene rings is 1. The van der Waals surface area contributed by atoms with E-state index >= 15 is 0 Å². The van der Waals surface area contributed by atoms with E-state index in [4.69, 9.17) is 9.73 Å². The first-order valence-electron chi connectivity index (χ1n) is 11.3. The van der Waals surface area contributed by atoms with Gasteiger partial charge in [-0.05, 0) is 63.2 Å². The van der Waals surface area contributed by atoms with Crippen LogP contribution in [0.25, 0.3) is 0 Å². The summed E-state index contributed by atoms with van der Waals surface area (Å²) >= 11 is 0. The average molecular weight is 385 g/mol. The maximum Gasteiger partial charge on any atom is 0.193 e. The van der Waals surface area contributed by atoms with Gasteiger partial charge in [0.15, 0.2) is 5.96 Å². The third kappa shape index (κ3) is 4.80. The highest BCUT2D eigenvalue weighted by atomic mass is 16.5. The van der Waals surface area contributed by atoms with Crippen LogP contribution >= 0.6 is 0 Å². The Kier molecular flexibility index (Phi) is 6.73. The number of guanidine groups is 1. The van der Waals surface area contributed by atoms with E-state index in [1.807, 2.05) is 0 Å². The summed E-state index contributed by atoms with van der Waals surface area (Å²) in [6.45, 7) is 10.9. The molecule has 1 aromatic carbocycles. The van der Waals surface area contributed by atoms with Gasteiger partial charge in [0, 0.05) is 38.6 Å². The molecule has 0 saturated carbocycles. The molecule has 0 aromatic heterocycles. The normalized spacial score (nSPS) is 26.0. The second-order valence-electron chi connectivity index (χ2n) is 8.53. The van der Waals surface area contributed by atoms with E-state index in [0.717, 1.165) is 56.8 Å². The number of aliphatic imine (C=N–C) groups is 1. The van der Waals surface area contributed by atoms with Crippen LogP contribution in [0, 0.1) is 5.92 Å². The molecule has 28 heavy (non-hydrogen) atoms. The molecule has 5 heteroatoms. The van der Waals surface area contributed by atoms with Crippen molar-refractivity contribution in [3.05, 3.63) is 29.8 Å². The lowest BCUT2D eigenvalue weighted by atomic mass is 9.93. The largest absolute Gasteiger partial charge is 0.493 e. The Labute approximate surface area is 170 Å². The Morgan fingerprint density at radius 3 is 2.86 bits per heavy atom. The third-order valence-corrected chi connectivity index (χ3v) is 6.43. The van der Waals surface area contributed by atoms with Gasteiger partial charge in [-0.2, -0.15) is 0 Å². The van der Waals surface area contributed by atoms with Gasteiger partial charge in [0.2, 0.25) is 0 Å². The highest BCUT2D eigenvalue weighted by molar-refractivity contribution is 5.80. The van der Waals surface area contributed by atoms with Crippen LogP contribution in [0.5, 0.6) is 5.75 Å². The molecule has 3 aliphatic rings. The zero-order valence-corrected chi connectivity index (χ0v) is 17.4. The molecule has 5 nitrogen and oxygen atoms in total. The van der Waals surface area contributed by atoms with E-state index in [1.54, 1.807) is 0 Å². The van der Waals surface area contributed by atoms with Crippen LogP contribution in [-0.2, 0) is 0 Å². The third-order valence-electron chi connectivity index (χ3n) is 6.43. The number of hydrogen-bond acceptors (Lipinski definition) is 3. The van der Waals surface area contributed by atoms with Crippen LogP contribution in [0.4, 0.5) is 0 Å². The summed E-state index contributed by atoms with van der Waals surface area (Å²) in [7, 11) is 0. The molecule has 4 rings (SSSR count). The highest BCUT2D eigenvalue weighted by Crippen LogP contribution is 2.33. The topological polar surface area (TPSA) is 40.1 Å². The van der Waals surface area contributed by atoms with E-state index in [0.29, 0.717) is 5.92 Å². The van der Waals surface area contributed by atoms with Crippen LogP contribution in [0.3, 0.4) is 0 Å². The summed E-state index contributed by atoms with van der Waals surface area (Å²) in [4.78, 5) is 10.2. The van der Waals surface area contributed by atoms with Gasteiger partial charge >= 0.3 is 0 Å². The van der Waals surface area contributed by atoms with Gasteiger partial charge in [-0.3, -0.25) is 4.99 Å². The molecule has 154 valence electrons. The van der Waals surface area contributed by atoms with Crippen LogP contribution in [-0.4, -0.2) is 68.2 Å². The molecule has 0 amide bonds. The molecule has 2 atom stereocenters. The van der Waals surface area contributed by atoms with Crippen molar-refractivity contribution in [2.24, 2.45) is 10.9 Å². The van der Waals surface area contributed by atoms with Crippen molar-refractivity contribution in [3.8, 4) is 5.75 Å². The fourth-order valence-electron chi connectivity index (χ4n) is 4.91. The van der Waals surface area contributed by atoms with Crippen molar-refractivity contribution < 1.29 is 4.74 Å². The molecule has 0 radical (unpaired) electrons. The predicted octanol–water partition coefficient (Wildman–Crippen LogP) is 3.33. The number of hydrogen-bond donors (Lipinski definition) is 1. The van der Waals surface area contributed by atoms with Gasteiger partial charge in [-0.1, -0.05) is 24.6 Å². The maximum atomic E-state index is 5.81. The molecule has 1 N–H and O–H groups in total. The van der Waals surface area contributed by atoms with Crippen LogP contribution in [0.1, 0.15) is 50.5 Å². The smallest absolute Gasteiger partial charge is 0.193 e. The first-order chi connectivity index (χ1) is 13.8. The molecule has 2 saturated heterocycles. The van der Waals surface area contributed by atoms with Crippen molar-refractivity contribution in [3.63, 3.8) is 0 Å². The number of para-hydroxylation sites is 1. The number of rotatable bonds is 5. The van der Waals surface area contributed by atoms with Crippen molar-refractivity contribution in [1.82, 2.24) is 15.1 Å². The molecule has 3 heterocycles. The standard InChI is InChI=1S/C23H36N4O/c1-2-24-23(25-16-20-11-15-28-22-9-5-4-8-21(20)22)27-14-10-19(18-27)17-26-12-6-3-7-13-26/h4-5,8-9,19-20H,2-3,6-7,10-18H2,1H3,(H,24,25).